The van der Waals surface area contributed by atoms with E-state index in [2.05, 4.69) is 10.4 Å². The molecular weight excluding hydrogens is 242 g/mol. The van der Waals surface area contributed by atoms with E-state index in [1.165, 1.54) is 6.26 Å². The van der Waals surface area contributed by atoms with E-state index in [9.17, 15) is 8.42 Å². The molecule has 0 aliphatic heterocycles. The fourth-order valence-electron chi connectivity index (χ4n) is 1.61. The van der Waals surface area contributed by atoms with E-state index in [0.29, 0.717) is 19.0 Å². The molecule has 0 fully saturated rings. The molecule has 6 nitrogen and oxygen atoms in total. The van der Waals surface area contributed by atoms with Gasteiger partial charge in [0.05, 0.1) is 24.1 Å². The first-order valence-corrected chi connectivity index (χ1v) is 7.36. The molecule has 0 atom stereocenters. The number of rotatable bonds is 6. The molecule has 0 saturated carbocycles. The Morgan fingerprint density at radius 3 is 2.65 bits per heavy atom. The maximum Gasteiger partial charge on any atom is 0.216 e. The Morgan fingerprint density at radius 2 is 2.12 bits per heavy atom. The van der Waals surface area contributed by atoms with Gasteiger partial charge in [0, 0.05) is 26.4 Å². The number of aryl methyl sites for hydroxylation is 2. The van der Waals surface area contributed by atoms with Gasteiger partial charge in [-0.15, -0.1) is 0 Å². The Balaban J connectivity index is 2.58. The van der Waals surface area contributed by atoms with Crippen molar-refractivity contribution in [2.45, 2.75) is 13.5 Å². The molecule has 0 spiro atoms. The molecule has 98 valence electrons. The van der Waals surface area contributed by atoms with Crippen molar-refractivity contribution in [2.75, 3.05) is 25.7 Å². The lowest BCUT2D eigenvalue weighted by atomic mass is 10.2. The smallest absolute Gasteiger partial charge is 0.216 e. The lowest BCUT2D eigenvalue weighted by Gasteiger charge is -2.06. The second kappa shape index (κ2) is 5.50. The first kappa shape index (κ1) is 14.0. The van der Waals surface area contributed by atoms with Crippen molar-refractivity contribution in [1.82, 2.24) is 15.1 Å². The van der Waals surface area contributed by atoms with Crippen LogP contribution in [0.15, 0.2) is 0 Å². The highest BCUT2D eigenvalue weighted by atomic mass is 32.2. The summed E-state index contributed by atoms with van der Waals surface area (Å²) in [6.45, 7) is 2.88. The molecule has 0 unspecified atom stereocenters. The van der Waals surface area contributed by atoms with Crippen LogP contribution in [-0.2, 0) is 23.4 Å². The van der Waals surface area contributed by atoms with Crippen molar-refractivity contribution in [2.24, 2.45) is 7.05 Å². The maximum absolute atomic E-state index is 11.0. The molecule has 0 amide bonds. The average molecular weight is 261 g/mol. The van der Waals surface area contributed by atoms with Crippen LogP contribution in [-0.4, -0.2) is 43.9 Å². The van der Waals surface area contributed by atoms with Crippen LogP contribution in [0.25, 0.3) is 0 Å². The van der Waals surface area contributed by atoms with E-state index in [0.717, 1.165) is 11.3 Å². The highest BCUT2D eigenvalue weighted by Crippen LogP contribution is 2.20. The van der Waals surface area contributed by atoms with Gasteiger partial charge in [-0.2, -0.15) is 5.10 Å². The molecule has 7 heteroatoms. The van der Waals surface area contributed by atoms with Gasteiger partial charge < -0.3 is 10.1 Å². The monoisotopic (exact) mass is 261 g/mol. The van der Waals surface area contributed by atoms with Crippen molar-refractivity contribution >= 4 is 9.84 Å². The molecular formula is C10H19N3O3S. The van der Waals surface area contributed by atoms with Crippen molar-refractivity contribution in [3.63, 3.8) is 0 Å². The van der Waals surface area contributed by atoms with Gasteiger partial charge in [0.1, 0.15) is 9.84 Å². The zero-order valence-electron chi connectivity index (χ0n) is 10.6. The summed E-state index contributed by atoms with van der Waals surface area (Å²) < 4.78 is 28.8. The van der Waals surface area contributed by atoms with E-state index in [1.54, 1.807) is 11.8 Å². The largest absolute Gasteiger partial charge is 0.481 e. The predicted octanol–water partition coefficient (Wildman–Crippen LogP) is -0.129. The fraction of sp³-hybridized carbons (Fsp3) is 0.700. The summed E-state index contributed by atoms with van der Waals surface area (Å²) in [6, 6.07) is 0. The van der Waals surface area contributed by atoms with Crippen LogP contribution >= 0.6 is 0 Å². The summed E-state index contributed by atoms with van der Waals surface area (Å²) in [5.41, 5.74) is 1.85. The summed E-state index contributed by atoms with van der Waals surface area (Å²) in [4.78, 5) is 0. The Bertz CT molecular complexity index is 479. The van der Waals surface area contributed by atoms with Gasteiger partial charge in [0.2, 0.25) is 5.88 Å². The van der Waals surface area contributed by atoms with E-state index < -0.39 is 9.84 Å². The minimum absolute atomic E-state index is 0.134. The number of hydrogen-bond donors (Lipinski definition) is 1. The van der Waals surface area contributed by atoms with Gasteiger partial charge in [0.25, 0.3) is 0 Å². The SMILES string of the molecule is COc1c(CNCCS(C)(=O)=O)c(C)nn1C. The third-order valence-electron chi connectivity index (χ3n) is 2.43. The van der Waals surface area contributed by atoms with Gasteiger partial charge in [-0.05, 0) is 6.92 Å². The van der Waals surface area contributed by atoms with Gasteiger partial charge in [0.15, 0.2) is 0 Å². The number of nitrogens with zero attached hydrogens (tertiary/aromatic N) is 2. The van der Waals surface area contributed by atoms with Crippen LogP contribution in [0.2, 0.25) is 0 Å². The van der Waals surface area contributed by atoms with Crippen LogP contribution in [0.4, 0.5) is 0 Å². The molecule has 0 saturated heterocycles. The number of hydrogen-bond acceptors (Lipinski definition) is 5. The summed E-state index contributed by atoms with van der Waals surface area (Å²) >= 11 is 0. The maximum atomic E-state index is 11.0. The molecule has 17 heavy (non-hydrogen) atoms. The zero-order chi connectivity index (χ0) is 13.1. The molecule has 1 rings (SSSR count). The standard InChI is InChI=1S/C10H19N3O3S/c1-8-9(10(16-3)13(2)12-8)7-11-5-6-17(4,14)15/h11H,5-7H2,1-4H3. The van der Waals surface area contributed by atoms with Crippen molar-refractivity contribution in [3.05, 3.63) is 11.3 Å². The van der Waals surface area contributed by atoms with E-state index >= 15 is 0 Å². The summed E-state index contributed by atoms with van der Waals surface area (Å²) in [7, 11) is 0.491. The van der Waals surface area contributed by atoms with E-state index in [4.69, 9.17) is 4.74 Å². The molecule has 0 bridgehead atoms. The lowest BCUT2D eigenvalue weighted by Crippen LogP contribution is -2.22. The molecule has 1 aromatic rings. The number of ether oxygens (including phenoxy) is 1. The number of nitrogens with one attached hydrogen (secondary N) is 1. The van der Waals surface area contributed by atoms with E-state index in [1.807, 2.05) is 14.0 Å². The molecule has 0 radical (unpaired) electrons. The Labute approximate surface area is 102 Å². The van der Waals surface area contributed by atoms with E-state index in [-0.39, 0.29) is 5.75 Å². The summed E-state index contributed by atoms with van der Waals surface area (Å²) in [5.74, 6) is 0.837. The van der Waals surface area contributed by atoms with Crippen molar-refractivity contribution < 1.29 is 13.2 Å². The number of sulfone groups is 1. The second-order valence-electron chi connectivity index (χ2n) is 4.00. The minimum atomic E-state index is -2.91. The lowest BCUT2D eigenvalue weighted by molar-refractivity contribution is 0.368. The quantitative estimate of drug-likeness (QED) is 0.722. The summed E-state index contributed by atoms with van der Waals surface area (Å²) in [6.07, 6.45) is 1.23. The van der Waals surface area contributed by atoms with Crippen molar-refractivity contribution in [3.8, 4) is 5.88 Å². The Hall–Kier alpha value is -1.08. The Kier molecular flexibility index (Phi) is 4.53. The van der Waals surface area contributed by atoms with Gasteiger partial charge in [-0.3, -0.25) is 0 Å². The first-order valence-electron chi connectivity index (χ1n) is 5.30. The second-order valence-corrected chi connectivity index (χ2v) is 6.26. The van der Waals surface area contributed by atoms with Crippen LogP contribution in [0.1, 0.15) is 11.3 Å². The van der Waals surface area contributed by atoms with Crippen molar-refractivity contribution in [1.29, 1.82) is 0 Å². The average Bonchev–Trinajstić information content (AvgIpc) is 2.46. The van der Waals surface area contributed by atoms with Gasteiger partial charge in [-0.25, -0.2) is 13.1 Å². The molecule has 1 heterocycles. The van der Waals surface area contributed by atoms with Crippen LogP contribution in [0, 0.1) is 6.92 Å². The molecule has 0 aliphatic rings. The topological polar surface area (TPSA) is 73.2 Å². The zero-order valence-corrected chi connectivity index (χ0v) is 11.5. The number of methoxy groups -OCH3 is 1. The molecule has 0 aromatic carbocycles. The third-order valence-corrected chi connectivity index (χ3v) is 3.38. The van der Waals surface area contributed by atoms with Crippen LogP contribution < -0.4 is 10.1 Å². The Morgan fingerprint density at radius 1 is 1.47 bits per heavy atom. The highest BCUT2D eigenvalue weighted by Gasteiger charge is 2.13. The van der Waals surface area contributed by atoms with Crippen LogP contribution in [0.5, 0.6) is 5.88 Å². The first-order chi connectivity index (χ1) is 7.85. The normalized spacial score (nSPS) is 11.8. The van der Waals surface area contributed by atoms with Crippen LogP contribution in [0.3, 0.4) is 0 Å². The molecule has 1 aromatic heterocycles. The van der Waals surface area contributed by atoms with Gasteiger partial charge >= 0.3 is 0 Å². The summed E-state index contributed by atoms with van der Waals surface area (Å²) in [5, 5.41) is 7.32. The number of aromatic nitrogens is 2. The third kappa shape index (κ3) is 4.01. The fourth-order valence-corrected chi connectivity index (χ4v) is 2.13. The minimum Gasteiger partial charge on any atom is -0.481 e. The highest BCUT2D eigenvalue weighted by molar-refractivity contribution is 7.90. The molecule has 1 N–H and O–H groups in total. The predicted molar refractivity (Wildman–Crippen MR) is 65.9 cm³/mol. The molecule has 0 aliphatic carbocycles. The van der Waals surface area contributed by atoms with Gasteiger partial charge in [-0.1, -0.05) is 0 Å².